The molecule has 3 unspecified atom stereocenters. The number of Topliss-reactive ketones (excluding diaryl/α,β-unsaturated/α-hetero) is 1. The third-order valence-corrected chi connectivity index (χ3v) is 4.66. The molecule has 0 amide bonds. The van der Waals surface area contributed by atoms with E-state index in [0.29, 0.717) is 24.0 Å². The van der Waals surface area contributed by atoms with E-state index < -0.39 is 0 Å². The third kappa shape index (κ3) is 3.82. The molecular weight excluding hydrogens is 234 g/mol. The van der Waals surface area contributed by atoms with E-state index in [9.17, 15) is 4.79 Å². The summed E-state index contributed by atoms with van der Waals surface area (Å²) < 4.78 is 0. The van der Waals surface area contributed by atoms with E-state index in [2.05, 4.69) is 19.9 Å². The van der Waals surface area contributed by atoms with Gasteiger partial charge >= 0.3 is 0 Å². The first-order chi connectivity index (χ1) is 9.06. The number of ketones is 1. The van der Waals surface area contributed by atoms with Crippen LogP contribution in [0.15, 0.2) is 24.3 Å². The lowest BCUT2D eigenvalue weighted by Gasteiger charge is -2.31. The Bertz CT molecular complexity index is 441. The molecule has 0 heterocycles. The molecule has 1 aliphatic rings. The van der Waals surface area contributed by atoms with Crippen LogP contribution in [0, 0.1) is 17.8 Å². The van der Waals surface area contributed by atoms with Crippen molar-refractivity contribution in [1.29, 1.82) is 0 Å². The topological polar surface area (TPSA) is 43.1 Å². The highest BCUT2D eigenvalue weighted by Gasteiger charge is 2.28. The van der Waals surface area contributed by atoms with E-state index in [4.69, 9.17) is 5.73 Å². The number of carbonyl (C=O) groups is 1. The van der Waals surface area contributed by atoms with Crippen molar-refractivity contribution in [2.75, 3.05) is 5.73 Å². The number of hydrogen-bond acceptors (Lipinski definition) is 2. The fourth-order valence-corrected chi connectivity index (χ4v) is 3.06. The van der Waals surface area contributed by atoms with Crippen molar-refractivity contribution in [2.24, 2.45) is 17.8 Å². The van der Waals surface area contributed by atoms with Crippen LogP contribution in [0.4, 0.5) is 5.69 Å². The zero-order chi connectivity index (χ0) is 13.8. The SMILES string of the molecule is CC1CCC(C(=O)CCc2cccc(N)c2)CC1C. The molecule has 0 aliphatic heterocycles. The van der Waals surface area contributed by atoms with Gasteiger partial charge in [0.25, 0.3) is 0 Å². The molecule has 2 nitrogen and oxygen atoms in total. The van der Waals surface area contributed by atoms with E-state index in [0.717, 1.165) is 30.9 Å². The van der Waals surface area contributed by atoms with E-state index in [1.54, 1.807) is 0 Å². The molecule has 1 aromatic rings. The standard InChI is InChI=1S/C17H25NO/c1-12-6-8-15(10-13(12)2)17(19)9-7-14-4-3-5-16(18)11-14/h3-5,11-13,15H,6-10,18H2,1-2H3. The van der Waals surface area contributed by atoms with Gasteiger partial charge in [0.2, 0.25) is 0 Å². The van der Waals surface area contributed by atoms with Crippen molar-refractivity contribution >= 4 is 11.5 Å². The Morgan fingerprint density at radius 2 is 2.05 bits per heavy atom. The number of carbonyl (C=O) groups excluding carboxylic acids is 1. The Hall–Kier alpha value is -1.31. The summed E-state index contributed by atoms with van der Waals surface area (Å²) in [5.41, 5.74) is 7.71. The highest BCUT2D eigenvalue weighted by Crippen LogP contribution is 2.34. The Morgan fingerprint density at radius 3 is 2.74 bits per heavy atom. The van der Waals surface area contributed by atoms with Gasteiger partial charge in [-0.15, -0.1) is 0 Å². The number of nitrogens with two attached hydrogens (primary N) is 1. The van der Waals surface area contributed by atoms with E-state index >= 15 is 0 Å². The lowest BCUT2D eigenvalue weighted by atomic mass is 9.74. The zero-order valence-corrected chi connectivity index (χ0v) is 12.1. The summed E-state index contributed by atoms with van der Waals surface area (Å²) in [4.78, 5) is 12.3. The van der Waals surface area contributed by atoms with Crippen molar-refractivity contribution in [3.63, 3.8) is 0 Å². The summed E-state index contributed by atoms with van der Waals surface area (Å²) in [5.74, 6) is 2.21. The third-order valence-electron chi connectivity index (χ3n) is 4.66. The van der Waals surface area contributed by atoms with Crippen molar-refractivity contribution in [2.45, 2.75) is 46.0 Å². The molecule has 0 radical (unpaired) electrons. The molecule has 0 spiro atoms. The lowest BCUT2D eigenvalue weighted by Crippen LogP contribution is -2.26. The maximum atomic E-state index is 12.3. The molecule has 2 N–H and O–H groups in total. The summed E-state index contributed by atoms with van der Waals surface area (Å²) in [6, 6.07) is 7.86. The molecule has 1 saturated carbocycles. The molecule has 0 bridgehead atoms. The van der Waals surface area contributed by atoms with Gasteiger partial charge in [-0.3, -0.25) is 4.79 Å². The van der Waals surface area contributed by atoms with Crippen LogP contribution >= 0.6 is 0 Å². The number of aryl methyl sites for hydroxylation is 1. The second-order valence-corrected chi connectivity index (χ2v) is 6.18. The van der Waals surface area contributed by atoms with Crippen LogP contribution < -0.4 is 5.73 Å². The molecule has 1 fully saturated rings. The predicted molar refractivity (Wildman–Crippen MR) is 79.9 cm³/mol. The minimum Gasteiger partial charge on any atom is -0.399 e. The molecule has 0 aromatic heterocycles. The summed E-state index contributed by atoms with van der Waals surface area (Å²) >= 11 is 0. The van der Waals surface area contributed by atoms with E-state index in [1.807, 2.05) is 18.2 Å². The largest absolute Gasteiger partial charge is 0.399 e. The predicted octanol–water partition coefficient (Wildman–Crippen LogP) is 3.84. The van der Waals surface area contributed by atoms with Crippen LogP contribution in [0.25, 0.3) is 0 Å². The fourth-order valence-electron chi connectivity index (χ4n) is 3.06. The zero-order valence-electron chi connectivity index (χ0n) is 12.1. The summed E-state index contributed by atoms with van der Waals surface area (Å²) in [7, 11) is 0. The smallest absolute Gasteiger partial charge is 0.136 e. The Morgan fingerprint density at radius 1 is 1.26 bits per heavy atom. The van der Waals surface area contributed by atoms with Gasteiger partial charge in [-0.25, -0.2) is 0 Å². The van der Waals surface area contributed by atoms with Gasteiger partial charge in [0, 0.05) is 18.0 Å². The first-order valence-corrected chi connectivity index (χ1v) is 7.43. The molecule has 2 rings (SSSR count). The summed E-state index contributed by atoms with van der Waals surface area (Å²) in [6.45, 7) is 4.58. The van der Waals surface area contributed by atoms with Crippen LogP contribution in [0.5, 0.6) is 0 Å². The van der Waals surface area contributed by atoms with Crippen molar-refractivity contribution in [1.82, 2.24) is 0 Å². The average molecular weight is 259 g/mol. The van der Waals surface area contributed by atoms with E-state index in [1.165, 1.54) is 12.0 Å². The summed E-state index contributed by atoms with van der Waals surface area (Å²) in [6.07, 6.45) is 4.85. The van der Waals surface area contributed by atoms with Crippen LogP contribution in [-0.4, -0.2) is 5.78 Å². The van der Waals surface area contributed by atoms with Gasteiger partial charge in [-0.1, -0.05) is 26.0 Å². The molecule has 3 atom stereocenters. The van der Waals surface area contributed by atoms with Gasteiger partial charge in [-0.2, -0.15) is 0 Å². The Labute approximate surface area is 116 Å². The summed E-state index contributed by atoms with van der Waals surface area (Å²) in [5, 5.41) is 0. The number of hydrogen-bond donors (Lipinski definition) is 1. The number of benzene rings is 1. The maximum absolute atomic E-state index is 12.3. The molecule has 19 heavy (non-hydrogen) atoms. The van der Waals surface area contributed by atoms with E-state index in [-0.39, 0.29) is 0 Å². The van der Waals surface area contributed by atoms with Crippen molar-refractivity contribution in [3.05, 3.63) is 29.8 Å². The minimum absolute atomic E-state index is 0.298. The molecule has 2 heteroatoms. The van der Waals surface area contributed by atoms with Crippen LogP contribution in [-0.2, 0) is 11.2 Å². The van der Waals surface area contributed by atoms with Crippen molar-refractivity contribution < 1.29 is 4.79 Å². The van der Waals surface area contributed by atoms with Crippen LogP contribution in [0.3, 0.4) is 0 Å². The molecule has 1 aliphatic carbocycles. The number of nitrogen functional groups attached to an aromatic ring is 1. The van der Waals surface area contributed by atoms with Gasteiger partial charge < -0.3 is 5.73 Å². The van der Waals surface area contributed by atoms with Gasteiger partial charge in [0.1, 0.15) is 5.78 Å². The Balaban J connectivity index is 1.84. The minimum atomic E-state index is 0.298. The van der Waals surface area contributed by atoms with Crippen LogP contribution in [0.1, 0.15) is 45.1 Å². The maximum Gasteiger partial charge on any atom is 0.136 e. The monoisotopic (exact) mass is 259 g/mol. The Kier molecular flexibility index (Phi) is 4.62. The first-order valence-electron chi connectivity index (χ1n) is 7.43. The van der Waals surface area contributed by atoms with Gasteiger partial charge in [0.05, 0.1) is 0 Å². The van der Waals surface area contributed by atoms with Gasteiger partial charge in [0.15, 0.2) is 0 Å². The number of anilines is 1. The molecular formula is C17H25NO. The van der Waals surface area contributed by atoms with Crippen molar-refractivity contribution in [3.8, 4) is 0 Å². The van der Waals surface area contributed by atoms with Crippen LogP contribution in [0.2, 0.25) is 0 Å². The first kappa shape index (κ1) is 14.1. The highest BCUT2D eigenvalue weighted by molar-refractivity contribution is 5.81. The molecule has 104 valence electrons. The quantitative estimate of drug-likeness (QED) is 0.835. The fraction of sp³-hybridized carbons (Fsp3) is 0.588. The van der Waals surface area contributed by atoms with Gasteiger partial charge in [-0.05, 0) is 55.2 Å². The normalized spacial score (nSPS) is 27.2. The molecule has 1 aromatic carbocycles. The molecule has 0 saturated heterocycles. The average Bonchev–Trinajstić information content (AvgIpc) is 2.39. The second-order valence-electron chi connectivity index (χ2n) is 6.18. The highest BCUT2D eigenvalue weighted by atomic mass is 16.1. The lowest BCUT2D eigenvalue weighted by molar-refractivity contribution is -0.124. The number of rotatable bonds is 4. The second kappa shape index (κ2) is 6.23.